The highest BCUT2D eigenvalue weighted by Crippen LogP contribution is 2.23. The zero-order valence-electron chi connectivity index (χ0n) is 10.7. The van der Waals surface area contributed by atoms with Crippen LogP contribution in [0.2, 0.25) is 5.02 Å². The highest BCUT2D eigenvalue weighted by Gasteiger charge is 2.20. The number of nitrogens with one attached hydrogen (secondary N) is 1. The SMILES string of the molecule is Cc1ccc(C(Nc2cccc(Cl)c2)C(=O)O)cc1F. The molecule has 0 saturated carbocycles. The van der Waals surface area contributed by atoms with Crippen LogP contribution in [0.4, 0.5) is 10.1 Å². The van der Waals surface area contributed by atoms with Gasteiger partial charge in [0.25, 0.3) is 0 Å². The molecule has 0 aliphatic heterocycles. The van der Waals surface area contributed by atoms with Gasteiger partial charge in [-0.2, -0.15) is 0 Å². The average molecular weight is 294 g/mol. The topological polar surface area (TPSA) is 49.3 Å². The summed E-state index contributed by atoms with van der Waals surface area (Å²) in [5, 5.41) is 12.6. The van der Waals surface area contributed by atoms with E-state index in [2.05, 4.69) is 5.32 Å². The second-order valence-corrected chi connectivity index (χ2v) is 4.87. The van der Waals surface area contributed by atoms with E-state index in [0.29, 0.717) is 21.8 Å². The molecule has 0 heterocycles. The Bertz CT molecular complexity index is 646. The minimum absolute atomic E-state index is 0.348. The average Bonchev–Trinajstić information content (AvgIpc) is 2.39. The number of hydrogen-bond donors (Lipinski definition) is 2. The molecule has 0 amide bonds. The number of carbonyl (C=O) groups is 1. The molecular weight excluding hydrogens is 281 g/mol. The van der Waals surface area contributed by atoms with E-state index in [1.165, 1.54) is 6.07 Å². The molecule has 0 fully saturated rings. The van der Waals surface area contributed by atoms with E-state index >= 15 is 0 Å². The molecule has 2 aromatic rings. The molecule has 2 rings (SSSR count). The number of aliphatic carboxylic acids is 1. The van der Waals surface area contributed by atoms with E-state index in [9.17, 15) is 14.3 Å². The molecule has 104 valence electrons. The molecule has 0 aromatic heterocycles. The van der Waals surface area contributed by atoms with Crippen LogP contribution < -0.4 is 5.32 Å². The summed E-state index contributed by atoms with van der Waals surface area (Å²) < 4.78 is 13.6. The second-order valence-electron chi connectivity index (χ2n) is 4.43. The number of carboxylic acids is 1. The van der Waals surface area contributed by atoms with Crippen LogP contribution in [-0.2, 0) is 4.79 Å². The largest absolute Gasteiger partial charge is 0.479 e. The zero-order chi connectivity index (χ0) is 14.7. The predicted molar refractivity (Wildman–Crippen MR) is 76.6 cm³/mol. The third kappa shape index (κ3) is 3.27. The molecule has 3 nitrogen and oxygen atoms in total. The molecule has 2 N–H and O–H groups in total. The summed E-state index contributed by atoms with van der Waals surface area (Å²) in [5.41, 5.74) is 1.38. The summed E-state index contributed by atoms with van der Waals surface area (Å²) in [4.78, 5) is 11.4. The van der Waals surface area contributed by atoms with Gasteiger partial charge in [0, 0.05) is 10.7 Å². The van der Waals surface area contributed by atoms with E-state index in [1.807, 2.05) is 0 Å². The highest BCUT2D eigenvalue weighted by molar-refractivity contribution is 6.30. The number of halogens is 2. The van der Waals surface area contributed by atoms with Crippen molar-refractivity contribution in [2.24, 2.45) is 0 Å². The molecule has 1 atom stereocenters. The summed E-state index contributed by atoms with van der Waals surface area (Å²) in [6.07, 6.45) is 0. The van der Waals surface area contributed by atoms with Gasteiger partial charge in [-0.15, -0.1) is 0 Å². The van der Waals surface area contributed by atoms with E-state index < -0.39 is 17.8 Å². The summed E-state index contributed by atoms with van der Waals surface area (Å²) >= 11 is 5.85. The fraction of sp³-hybridized carbons (Fsp3) is 0.133. The maximum absolute atomic E-state index is 13.6. The van der Waals surface area contributed by atoms with E-state index in [0.717, 1.165) is 0 Å². The van der Waals surface area contributed by atoms with Crippen LogP contribution in [0.15, 0.2) is 42.5 Å². The molecule has 0 spiro atoms. The number of hydrogen-bond acceptors (Lipinski definition) is 2. The number of rotatable bonds is 4. The highest BCUT2D eigenvalue weighted by atomic mass is 35.5. The number of anilines is 1. The van der Waals surface area contributed by atoms with Crippen molar-refractivity contribution >= 4 is 23.3 Å². The van der Waals surface area contributed by atoms with Crippen molar-refractivity contribution in [1.29, 1.82) is 0 Å². The van der Waals surface area contributed by atoms with Gasteiger partial charge >= 0.3 is 5.97 Å². The minimum atomic E-state index is -1.09. The maximum Gasteiger partial charge on any atom is 0.330 e. The van der Waals surface area contributed by atoms with Gasteiger partial charge in [0.1, 0.15) is 5.82 Å². The third-order valence-electron chi connectivity index (χ3n) is 2.91. The van der Waals surface area contributed by atoms with Crippen LogP contribution in [-0.4, -0.2) is 11.1 Å². The van der Waals surface area contributed by atoms with Gasteiger partial charge in [-0.05, 0) is 42.3 Å². The summed E-state index contributed by atoms with van der Waals surface area (Å²) in [5.74, 6) is -1.52. The van der Waals surface area contributed by atoms with Crippen molar-refractivity contribution in [2.75, 3.05) is 5.32 Å². The van der Waals surface area contributed by atoms with Crippen LogP contribution >= 0.6 is 11.6 Å². The molecule has 0 bridgehead atoms. The van der Waals surface area contributed by atoms with E-state index in [1.54, 1.807) is 43.3 Å². The molecule has 20 heavy (non-hydrogen) atoms. The smallest absolute Gasteiger partial charge is 0.330 e. The molecule has 0 aliphatic carbocycles. The van der Waals surface area contributed by atoms with Gasteiger partial charge in [-0.25, -0.2) is 9.18 Å². The van der Waals surface area contributed by atoms with E-state index in [-0.39, 0.29) is 0 Å². The first-order valence-corrected chi connectivity index (χ1v) is 6.36. The maximum atomic E-state index is 13.6. The van der Waals surface area contributed by atoms with Gasteiger partial charge in [0.2, 0.25) is 0 Å². The van der Waals surface area contributed by atoms with Crippen molar-refractivity contribution < 1.29 is 14.3 Å². The predicted octanol–water partition coefficient (Wildman–Crippen LogP) is 4.03. The normalized spacial score (nSPS) is 11.9. The molecule has 0 saturated heterocycles. The fourth-order valence-electron chi connectivity index (χ4n) is 1.82. The first-order chi connectivity index (χ1) is 9.47. The Morgan fingerprint density at radius 2 is 2.05 bits per heavy atom. The summed E-state index contributed by atoms with van der Waals surface area (Å²) in [6, 6.07) is 10.0. The van der Waals surface area contributed by atoms with Crippen molar-refractivity contribution in [3.05, 3.63) is 64.4 Å². The van der Waals surface area contributed by atoms with Crippen LogP contribution in [0.25, 0.3) is 0 Å². The van der Waals surface area contributed by atoms with Gasteiger partial charge in [0.15, 0.2) is 6.04 Å². The van der Waals surface area contributed by atoms with Crippen LogP contribution in [0.3, 0.4) is 0 Å². The fourth-order valence-corrected chi connectivity index (χ4v) is 2.01. The third-order valence-corrected chi connectivity index (χ3v) is 3.15. The number of benzene rings is 2. The summed E-state index contributed by atoms with van der Waals surface area (Å²) in [7, 11) is 0. The lowest BCUT2D eigenvalue weighted by Crippen LogP contribution is -2.20. The molecular formula is C15H13ClFNO2. The Morgan fingerprint density at radius 3 is 2.65 bits per heavy atom. The molecule has 1 unspecified atom stereocenters. The first-order valence-electron chi connectivity index (χ1n) is 5.98. The lowest BCUT2D eigenvalue weighted by molar-refractivity contribution is -0.138. The Morgan fingerprint density at radius 1 is 1.30 bits per heavy atom. The van der Waals surface area contributed by atoms with Crippen molar-refractivity contribution in [3.8, 4) is 0 Å². The molecule has 5 heteroatoms. The summed E-state index contributed by atoms with van der Waals surface area (Å²) in [6.45, 7) is 1.62. The lowest BCUT2D eigenvalue weighted by atomic mass is 10.0. The lowest BCUT2D eigenvalue weighted by Gasteiger charge is -2.17. The van der Waals surface area contributed by atoms with E-state index in [4.69, 9.17) is 11.6 Å². The van der Waals surface area contributed by atoms with Crippen LogP contribution in [0.1, 0.15) is 17.2 Å². The Hall–Kier alpha value is -2.07. The van der Waals surface area contributed by atoms with Gasteiger partial charge in [-0.1, -0.05) is 29.8 Å². The van der Waals surface area contributed by atoms with Crippen molar-refractivity contribution in [3.63, 3.8) is 0 Å². The monoisotopic (exact) mass is 293 g/mol. The first kappa shape index (κ1) is 14.3. The minimum Gasteiger partial charge on any atom is -0.479 e. The molecule has 2 aromatic carbocycles. The molecule has 0 radical (unpaired) electrons. The Kier molecular flexibility index (Phi) is 4.25. The van der Waals surface area contributed by atoms with Crippen molar-refractivity contribution in [1.82, 2.24) is 0 Å². The van der Waals surface area contributed by atoms with Crippen molar-refractivity contribution in [2.45, 2.75) is 13.0 Å². The van der Waals surface area contributed by atoms with Gasteiger partial charge in [0.05, 0.1) is 0 Å². The number of carboxylic acid groups (broad SMARTS) is 1. The van der Waals surface area contributed by atoms with Crippen LogP contribution in [0.5, 0.6) is 0 Å². The van der Waals surface area contributed by atoms with Crippen LogP contribution in [0, 0.1) is 12.7 Å². The zero-order valence-corrected chi connectivity index (χ0v) is 11.5. The molecule has 0 aliphatic rings. The Balaban J connectivity index is 2.32. The number of aryl methyl sites for hydroxylation is 1. The van der Waals surface area contributed by atoms with Gasteiger partial charge in [-0.3, -0.25) is 0 Å². The quantitative estimate of drug-likeness (QED) is 0.895. The Labute approximate surface area is 121 Å². The second kappa shape index (κ2) is 5.92. The van der Waals surface area contributed by atoms with Gasteiger partial charge < -0.3 is 10.4 Å². The standard InChI is InChI=1S/C15H13ClFNO2/c1-9-5-6-10(7-13(9)17)14(15(19)20)18-12-4-2-3-11(16)8-12/h2-8,14,18H,1H3,(H,19,20).